The number of nitrogens with one attached hydrogen (secondary N) is 2. The van der Waals surface area contributed by atoms with E-state index in [0.717, 1.165) is 15.6 Å². The van der Waals surface area contributed by atoms with Crippen LogP contribution in [0.4, 0.5) is 10.5 Å². The first-order valence-corrected chi connectivity index (χ1v) is 9.30. The number of rotatable bonds is 6. The van der Waals surface area contributed by atoms with E-state index in [4.69, 9.17) is 9.47 Å². The van der Waals surface area contributed by atoms with Gasteiger partial charge in [0.05, 0.1) is 13.7 Å². The van der Waals surface area contributed by atoms with Crippen LogP contribution in [0.3, 0.4) is 0 Å². The van der Waals surface area contributed by atoms with Gasteiger partial charge in [-0.1, -0.05) is 30.3 Å². The molecule has 0 fully saturated rings. The maximum Gasteiger partial charge on any atom is 0.351 e. The van der Waals surface area contributed by atoms with E-state index in [1.54, 1.807) is 12.1 Å². The molecule has 2 N–H and O–H groups in total. The molecule has 2 aromatic carbocycles. The Morgan fingerprint density at radius 1 is 1.11 bits per heavy atom. The number of hydrogen-bond acceptors (Lipinski definition) is 5. The average Bonchev–Trinajstić information content (AvgIpc) is 3.05. The molecule has 0 bridgehead atoms. The summed E-state index contributed by atoms with van der Waals surface area (Å²) in [5.74, 6) is 0.0486. The number of carbonyl (C=O) groups is 2. The smallest absolute Gasteiger partial charge is 0.351 e. The summed E-state index contributed by atoms with van der Waals surface area (Å²) >= 11 is 1.30. The van der Waals surface area contributed by atoms with E-state index in [2.05, 4.69) is 10.6 Å². The number of benzene rings is 2. The molecule has 7 heteroatoms. The first-order chi connectivity index (χ1) is 13.1. The van der Waals surface area contributed by atoms with Crippen LogP contribution in [0.5, 0.6) is 5.75 Å². The van der Waals surface area contributed by atoms with Crippen molar-refractivity contribution < 1.29 is 19.1 Å². The van der Waals surface area contributed by atoms with Gasteiger partial charge in [-0.25, -0.2) is 9.59 Å². The van der Waals surface area contributed by atoms with E-state index < -0.39 is 5.97 Å². The van der Waals surface area contributed by atoms with E-state index in [0.29, 0.717) is 29.5 Å². The van der Waals surface area contributed by atoms with Crippen LogP contribution in [-0.4, -0.2) is 25.7 Å². The fraction of sp³-hybridized carbons (Fsp3) is 0.200. The molecule has 6 nitrogen and oxygen atoms in total. The largest absolute Gasteiger partial charge is 0.491 e. The molecule has 0 aliphatic carbocycles. The third-order valence-electron chi connectivity index (χ3n) is 3.86. The Morgan fingerprint density at radius 3 is 2.59 bits per heavy atom. The minimum absolute atomic E-state index is 0.306. The molecule has 27 heavy (non-hydrogen) atoms. The second kappa shape index (κ2) is 8.55. The van der Waals surface area contributed by atoms with Crippen molar-refractivity contribution in [2.24, 2.45) is 0 Å². The molecule has 0 aliphatic heterocycles. The fourth-order valence-corrected chi connectivity index (χ4v) is 3.67. The Kier molecular flexibility index (Phi) is 5.93. The van der Waals surface area contributed by atoms with E-state index in [-0.39, 0.29) is 6.03 Å². The van der Waals surface area contributed by atoms with Gasteiger partial charge in [0.15, 0.2) is 10.6 Å². The molecule has 0 saturated heterocycles. The van der Waals surface area contributed by atoms with Gasteiger partial charge >= 0.3 is 12.0 Å². The fourth-order valence-electron chi connectivity index (χ4n) is 2.62. The predicted molar refractivity (Wildman–Crippen MR) is 107 cm³/mol. The molecule has 1 heterocycles. The van der Waals surface area contributed by atoms with Gasteiger partial charge in [0.1, 0.15) is 0 Å². The Bertz CT molecular complexity index is 953. The lowest BCUT2D eigenvalue weighted by atomic mass is 10.2. The van der Waals surface area contributed by atoms with Gasteiger partial charge in [-0.3, -0.25) is 0 Å². The third-order valence-corrected chi connectivity index (χ3v) is 4.99. The quantitative estimate of drug-likeness (QED) is 0.617. The highest BCUT2D eigenvalue weighted by molar-refractivity contribution is 7.21. The van der Waals surface area contributed by atoms with Crippen LogP contribution in [0.25, 0.3) is 10.1 Å². The average molecular weight is 384 g/mol. The summed E-state index contributed by atoms with van der Waals surface area (Å²) < 4.78 is 11.4. The number of urea groups is 1. The SMILES string of the molecule is CCOc1c(C(=O)OC)sc2ccc(NC(=O)NCc3ccccc3)cc12. The summed E-state index contributed by atoms with van der Waals surface area (Å²) in [6, 6.07) is 14.8. The van der Waals surface area contributed by atoms with Gasteiger partial charge in [0, 0.05) is 22.3 Å². The van der Waals surface area contributed by atoms with Gasteiger partial charge < -0.3 is 20.1 Å². The molecule has 0 unspecified atom stereocenters. The van der Waals surface area contributed by atoms with Crippen LogP contribution >= 0.6 is 11.3 Å². The van der Waals surface area contributed by atoms with Crippen molar-refractivity contribution in [2.75, 3.05) is 19.0 Å². The highest BCUT2D eigenvalue weighted by Crippen LogP contribution is 2.39. The van der Waals surface area contributed by atoms with Gasteiger partial charge in [-0.15, -0.1) is 11.3 Å². The molecule has 3 rings (SSSR count). The number of thiophene rings is 1. The number of methoxy groups -OCH3 is 1. The lowest BCUT2D eigenvalue weighted by Gasteiger charge is -2.09. The predicted octanol–water partition coefficient (Wildman–Crippen LogP) is 4.41. The number of amides is 2. The summed E-state index contributed by atoms with van der Waals surface area (Å²) in [4.78, 5) is 24.6. The van der Waals surface area contributed by atoms with Gasteiger partial charge in [0.2, 0.25) is 0 Å². The van der Waals surface area contributed by atoms with Crippen molar-refractivity contribution in [1.29, 1.82) is 0 Å². The first-order valence-electron chi connectivity index (χ1n) is 8.48. The van der Waals surface area contributed by atoms with Crippen LogP contribution in [-0.2, 0) is 11.3 Å². The lowest BCUT2D eigenvalue weighted by molar-refractivity contribution is 0.0602. The Hall–Kier alpha value is -3.06. The summed E-state index contributed by atoms with van der Waals surface area (Å²) in [6.45, 7) is 2.71. The molecule has 3 aromatic rings. The van der Waals surface area contributed by atoms with Crippen LogP contribution in [0, 0.1) is 0 Å². The van der Waals surface area contributed by atoms with Crippen LogP contribution in [0.2, 0.25) is 0 Å². The van der Waals surface area contributed by atoms with Crippen molar-refractivity contribution in [2.45, 2.75) is 13.5 Å². The third kappa shape index (κ3) is 4.38. The Balaban J connectivity index is 1.78. The summed E-state index contributed by atoms with van der Waals surface area (Å²) in [5, 5.41) is 6.39. The van der Waals surface area contributed by atoms with Crippen molar-refractivity contribution in [1.82, 2.24) is 5.32 Å². The first kappa shape index (κ1) is 18.7. The number of carbonyl (C=O) groups excluding carboxylic acids is 2. The number of fused-ring (bicyclic) bond motifs is 1. The lowest BCUT2D eigenvalue weighted by Crippen LogP contribution is -2.28. The molecule has 1 aromatic heterocycles. The number of esters is 1. The van der Waals surface area contributed by atoms with E-state index in [9.17, 15) is 9.59 Å². The Morgan fingerprint density at radius 2 is 1.89 bits per heavy atom. The molecular formula is C20H20N2O4S. The topological polar surface area (TPSA) is 76.7 Å². The highest BCUT2D eigenvalue weighted by atomic mass is 32.1. The zero-order valence-electron chi connectivity index (χ0n) is 15.1. The maximum atomic E-state index is 12.2. The summed E-state index contributed by atoms with van der Waals surface area (Å²) in [6.07, 6.45) is 0. The molecule has 0 radical (unpaired) electrons. The minimum Gasteiger partial charge on any atom is -0.491 e. The van der Waals surface area contributed by atoms with Gasteiger partial charge in [-0.05, 0) is 30.7 Å². The van der Waals surface area contributed by atoms with E-state index >= 15 is 0 Å². The molecular weight excluding hydrogens is 364 g/mol. The van der Waals surface area contributed by atoms with E-state index in [1.165, 1.54) is 18.4 Å². The van der Waals surface area contributed by atoms with Crippen LogP contribution in [0.1, 0.15) is 22.2 Å². The van der Waals surface area contributed by atoms with Crippen LogP contribution < -0.4 is 15.4 Å². The van der Waals surface area contributed by atoms with Gasteiger partial charge in [0.25, 0.3) is 0 Å². The van der Waals surface area contributed by atoms with Crippen molar-refractivity contribution in [3.8, 4) is 5.75 Å². The molecule has 0 atom stereocenters. The molecule has 140 valence electrons. The monoisotopic (exact) mass is 384 g/mol. The normalized spacial score (nSPS) is 10.4. The second-order valence-corrected chi connectivity index (χ2v) is 6.74. The standard InChI is InChI=1S/C20H20N2O4S/c1-3-26-17-15-11-14(9-10-16(15)27-18(17)19(23)25-2)22-20(24)21-12-13-7-5-4-6-8-13/h4-11H,3,12H2,1-2H3,(H2,21,22,24). The molecule has 0 spiro atoms. The second-order valence-electron chi connectivity index (χ2n) is 5.69. The number of ether oxygens (including phenoxy) is 2. The number of anilines is 1. The maximum absolute atomic E-state index is 12.2. The van der Waals surface area contributed by atoms with Crippen molar-refractivity contribution in [3.05, 3.63) is 59.0 Å². The van der Waals surface area contributed by atoms with Crippen LogP contribution in [0.15, 0.2) is 48.5 Å². The zero-order chi connectivity index (χ0) is 19.2. The molecule has 2 amide bonds. The highest BCUT2D eigenvalue weighted by Gasteiger charge is 2.20. The van der Waals surface area contributed by atoms with Crippen molar-refractivity contribution >= 4 is 39.1 Å². The van der Waals surface area contributed by atoms with Crippen molar-refractivity contribution in [3.63, 3.8) is 0 Å². The van der Waals surface area contributed by atoms with Gasteiger partial charge in [-0.2, -0.15) is 0 Å². The minimum atomic E-state index is -0.435. The summed E-state index contributed by atoms with van der Waals surface area (Å²) in [7, 11) is 1.34. The number of hydrogen-bond donors (Lipinski definition) is 2. The molecule has 0 saturated carbocycles. The zero-order valence-corrected chi connectivity index (χ0v) is 15.9. The summed E-state index contributed by atoms with van der Waals surface area (Å²) in [5.41, 5.74) is 1.63. The van der Waals surface area contributed by atoms with E-state index in [1.807, 2.05) is 43.3 Å². The Labute approximate surface area is 161 Å². The molecule has 0 aliphatic rings.